The molecule has 0 aliphatic heterocycles. The third kappa shape index (κ3) is 2.06. The van der Waals surface area contributed by atoms with Crippen LogP contribution in [0.15, 0.2) is 28.0 Å². The molecule has 6 nitrogen and oxygen atoms in total. The molecular weight excluding hydrogens is 176 g/mol. The van der Waals surface area contributed by atoms with E-state index in [2.05, 4.69) is 20.7 Å². The molecule has 0 fully saturated rings. The van der Waals surface area contributed by atoms with E-state index in [1.165, 1.54) is 19.4 Å². The molecule has 0 aliphatic carbocycles. The van der Waals surface area contributed by atoms with Gasteiger partial charge in [-0.15, -0.1) is 0 Å². The maximum Gasteiger partial charge on any atom is 0.382 e. The Morgan fingerprint density at radius 3 is 2.92 bits per heavy atom. The zero-order valence-electron chi connectivity index (χ0n) is 6.89. The molecule has 0 aliphatic rings. The summed E-state index contributed by atoms with van der Waals surface area (Å²) in [6.45, 7) is 0. The van der Waals surface area contributed by atoms with Gasteiger partial charge in [0.05, 0.1) is 6.26 Å². The van der Waals surface area contributed by atoms with Gasteiger partial charge < -0.3 is 14.1 Å². The largest absolute Gasteiger partial charge is 0.462 e. The maximum absolute atomic E-state index is 11.0. The Bertz CT molecular complexity index is 304. The van der Waals surface area contributed by atoms with E-state index in [-0.39, 0.29) is 11.5 Å². The lowest BCUT2D eigenvalue weighted by molar-refractivity contribution is -0.136. The molecule has 1 aromatic heterocycles. The molecule has 70 valence electrons. The summed E-state index contributed by atoms with van der Waals surface area (Å²) >= 11 is 0. The molecule has 0 saturated carbocycles. The number of oxime groups is 1. The van der Waals surface area contributed by atoms with Crippen LogP contribution >= 0.6 is 0 Å². The highest BCUT2D eigenvalue weighted by Crippen LogP contribution is 2.03. The molecule has 6 heteroatoms. The van der Waals surface area contributed by atoms with E-state index in [0.717, 1.165) is 0 Å². The first-order chi connectivity index (χ1) is 6.29. The Labute approximate surface area is 73.9 Å². The molecular formula is C7H8N2O4. The Kier molecular flexibility index (Phi) is 3.04. The summed E-state index contributed by atoms with van der Waals surface area (Å²) in [7, 11) is 1.30. The third-order valence-electron chi connectivity index (χ3n) is 1.24. The lowest BCUT2D eigenvalue weighted by Crippen LogP contribution is -2.21. The number of rotatable bonds is 3. The average molecular weight is 184 g/mol. The molecule has 1 aromatic rings. The number of furan rings is 1. The SMILES string of the molecule is CO/N=C(\C(=O)ON)c1ccco1. The third-order valence-corrected chi connectivity index (χ3v) is 1.24. The molecule has 1 rings (SSSR count). The minimum absolute atomic E-state index is 0.116. The summed E-state index contributed by atoms with van der Waals surface area (Å²) in [5.74, 6) is 4.09. The Hall–Kier alpha value is -1.82. The van der Waals surface area contributed by atoms with E-state index in [1.807, 2.05) is 0 Å². The molecule has 2 N–H and O–H groups in total. The van der Waals surface area contributed by atoms with Crippen molar-refractivity contribution in [1.29, 1.82) is 0 Å². The Morgan fingerprint density at radius 1 is 1.69 bits per heavy atom. The van der Waals surface area contributed by atoms with Gasteiger partial charge in [0.1, 0.15) is 7.11 Å². The van der Waals surface area contributed by atoms with E-state index in [4.69, 9.17) is 4.42 Å². The number of hydrogen-bond acceptors (Lipinski definition) is 6. The van der Waals surface area contributed by atoms with Gasteiger partial charge in [-0.3, -0.25) is 0 Å². The van der Waals surface area contributed by atoms with Gasteiger partial charge in [0.25, 0.3) is 0 Å². The molecule has 0 bridgehead atoms. The van der Waals surface area contributed by atoms with Crippen LogP contribution in [0.25, 0.3) is 0 Å². The van der Waals surface area contributed by atoms with Crippen molar-refractivity contribution < 1.29 is 18.9 Å². The fourth-order valence-electron chi connectivity index (χ4n) is 0.743. The maximum atomic E-state index is 11.0. The van der Waals surface area contributed by atoms with E-state index in [9.17, 15) is 4.79 Å². The minimum Gasteiger partial charge on any atom is -0.462 e. The van der Waals surface area contributed by atoms with Crippen molar-refractivity contribution in [3.05, 3.63) is 24.2 Å². The molecule has 1 heterocycles. The van der Waals surface area contributed by atoms with E-state index >= 15 is 0 Å². The summed E-state index contributed by atoms with van der Waals surface area (Å²) in [4.78, 5) is 19.4. The lowest BCUT2D eigenvalue weighted by atomic mass is 10.3. The minimum atomic E-state index is -0.822. The second-order valence-corrected chi connectivity index (χ2v) is 2.01. The van der Waals surface area contributed by atoms with Gasteiger partial charge in [0.2, 0.25) is 5.71 Å². The van der Waals surface area contributed by atoms with Crippen molar-refractivity contribution in [3.63, 3.8) is 0 Å². The number of carbonyl (C=O) groups excluding carboxylic acids is 1. The van der Waals surface area contributed by atoms with Crippen LogP contribution in [0.1, 0.15) is 5.76 Å². The Balaban J connectivity index is 2.94. The van der Waals surface area contributed by atoms with Crippen LogP contribution in [-0.4, -0.2) is 18.8 Å². The van der Waals surface area contributed by atoms with Gasteiger partial charge in [0, 0.05) is 0 Å². The van der Waals surface area contributed by atoms with Gasteiger partial charge in [0.15, 0.2) is 5.76 Å². The second kappa shape index (κ2) is 4.27. The number of nitrogens with zero attached hydrogens (tertiary/aromatic N) is 1. The van der Waals surface area contributed by atoms with Crippen LogP contribution in [0.3, 0.4) is 0 Å². The summed E-state index contributed by atoms with van der Waals surface area (Å²) in [6.07, 6.45) is 1.39. The van der Waals surface area contributed by atoms with Crippen LogP contribution in [0.2, 0.25) is 0 Å². The Morgan fingerprint density at radius 2 is 2.46 bits per heavy atom. The predicted octanol–water partition coefficient (Wildman–Crippen LogP) is 0.0470. The molecule has 0 radical (unpaired) electrons. The van der Waals surface area contributed by atoms with Crippen LogP contribution < -0.4 is 5.90 Å². The number of hydrogen-bond donors (Lipinski definition) is 1. The van der Waals surface area contributed by atoms with Crippen LogP contribution in [-0.2, 0) is 14.5 Å². The highest BCUT2D eigenvalue weighted by atomic mass is 16.7. The zero-order valence-corrected chi connectivity index (χ0v) is 6.89. The van der Waals surface area contributed by atoms with E-state index < -0.39 is 5.97 Å². The zero-order chi connectivity index (χ0) is 9.68. The fraction of sp³-hybridized carbons (Fsp3) is 0.143. The number of carbonyl (C=O) groups is 1. The van der Waals surface area contributed by atoms with Gasteiger partial charge in [-0.25, -0.2) is 4.79 Å². The van der Waals surface area contributed by atoms with Gasteiger partial charge in [-0.1, -0.05) is 5.16 Å². The number of nitrogens with two attached hydrogens (primary N) is 1. The van der Waals surface area contributed by atoms with Crippen molar-refractivity contribution >= 4 is 11.7 Å². The van der Waals surface area contributed by atoms with Crippen molar-refractivity contribution in [2.24, 2.45) is 11.1 Å². The van der Waals surface area contributed by atoms with Crippen molar-refractivity contribution in [3.8, 4) is 0 Å². The van der Waals surface area contributed by atoms with Crippen molar-refractivity contribution in [2.75, 3.05) is 7.11 Å². The summed E-state index contributed by atoms with van der Waals surface area (Å²) in [5, 5.41) is 3.41. The molecule has 0 spiro atoms. The lowest BCUT2D eigenvalue weighted by Gasteiger charge is -1.98. The smallest absolute Gasteiger partial charge is 0.382 e. The van der Waals surface area contributed by atoms with E-state index in [0.29, 0.717) is 0 Å². The summed E-state index contributed by atoms with van der Waals surface area (Å²) in [6, 6.07) is 3.14. The van der Waals surface area contributed by atoms with Crippen LogP contribution in [0.5, 0.6) is 0 Å². The topological polar surface area (TPSA) is 87.0 Å². The average Bonchev–Trinajstić information content (AvgIpc) is 2.65. The normalized spacial score (nSPS) is 11.1. The molecule has 0 aromatic carbocycles. The quantitative estimate of drug-likeness (QED) is 0.529. The molecule has 0 saturated heterocycles. The first-order valence-corrected chi connectivity index (χ1v) is 3.35. The summed E-state index contributed by atoms with van der Waals surface area (Å²) in [5.41, 5.74) is -0.116. The van der Waals surface area contributed by atoms with Crippen molar-refractivity contribution in [2.45, 2.75) is 0 Å². The first kappa shape index (κ1) is 9.27. The van der Waals surface area contributed by atoms with Gasteiger partial charge in [-0.05, 0) is 12.1 Å². The van der Waals surface area contributed by atoms with E-state index in [1.54, 1.807) is 6.07 Å². The van der Waals surface area contributed by atoms with Crippen LogP contribution in [0, 0.1) is 0 Å². The molecule has 13 heavy (non-hydrogen) atoms. The summed E-state index contributed by atoms with van der Waals surface area (Å²) < 4.78 is 4.90. The molecule has 0 unspecified atom stereocenters. The predicted molar refractivity (Wildman–Crippen MR) is 42.5 cm³/mol. The first-order valence-electron chi connectivity index (χ1n) is 3.35. The molecule has 0 atom stereocenters. The van der Waals surface area contributed by atoms with Gasteiger partial charge >= 0.3 is 5.97 Å². The van der Waals surface area contributed by atoms with Crippen LogP contribution in [0.4, 0.5) is 0 Å². The highest BCUT2D eigenvalue weighted by molar-refractivity contribution is 6.42. The fourth-order valence-corrected chi connectivity index (χ4v) is 0.743. The highest BCUT2D eigenvalue weighted by Gasteiger charge is 2.18. The molecule has 0 amide bonds. The van der Waals surface area contributed by atoms with Gasteiger partial charge in [-0.2, -0.15) is 5.90 Å². The second-order valence-electron chi connectivity index (χ2n) is 2.01. The van der Waals surface area contributed by atoms with Crippen molar-refractivity contribution in [1.82, 2.24) is 0 Å². The monoisotopic (exact) mass is 184 g/mol. The standard InChI is InChI=1S/C7H8N2O4/c1-11-9-6(7(10)13-8)5-3-2-4-12-5/h2-4H,8H2,1H3/b9-6-.